The molecule has 1 aliphatic rings. The summed E-state index contributed by atoms with van der Waals surface area (Å²) in [6.45, 7) is 5.59. The molecule has 1 aromatic rings. The lowest BCUT2D eigenvalue weighted by atomic mass is 9.96. The van der Waals surface area contributed by atoms with Crippen LogP contribution >= 0.6 is 0 Å². The molecule has 0 radical (unpaired) electrons. The summed E-state index contributed by atoms with van der Waals surface area (Å²) >= 11 is 0. The molecule has 1 aliphatic heterocycles. The molecule has 0 amide bonds. The fraction of sp³-hybridized carbons (Fsp3) is 0.727. The molecule has 3 nitrogen and oxygen atoms in total. The Bertz CT molecular complexity index is 274. The van der Waals surface area contributed by atoms with Crippen molar-refractivity contribution in [3.05, 3.63) is 18.0 Å². The van der Waals surface area contributed by atoms with Crippen LogP contribution < -0.4 is 5.32 Å². The zero-order valence-corrected chi connectivity index (χ0v) is 8.87. The van der Waals surface area contributed by atoms with Crippen molar-refractivity contribution in [1.29, 1.82) is 0 Å². The van der Waals surface area contributed by atoms with E-state index in [4.69, 9.17) is 0 Å². The average molecular weight is 193 g/mol. The number of hydrogen-bond donors (Lipinski definition) is 1. The van der Waals surface area contributed by atoms with Gasteiger partial charge in [0.1, 0.15) is 0 Å². The molecule has 1 unspecified atom stereocenters. The highest BCUT2D eigenvalue weighted by Gasteiger charge is 2.12. The average Bonchev–Trinajstić information content (AvgIpc) is 2.63. The number of hydrogen-bond acceptors (Lipinski definition) is 2. The van der Waals surface area contributed by atoms with Gasteiger partial charge in [-0.2, -0.15) is 5.10 Å². The van der Waals surface area contributed by atoms with Crippen molar-refractivity contribution >= 4 is 0 Å². The third kappa shape index (κ3) is 2.35. The van der Waals surface area contributed by atoms with Gasteiger partial charge in [0, 0.05) is 18.4 Å². The first-order valence-corrected chi connectivity index (χ1v) is 5.55. The van der Waals surface area contributed by atoms with Gasteiger partial charge in [-0.05, 0) is 51.3 Å². The van der Waals surface area contributed by atoms with Crippen LogP contribution in [0.3, 0.4) is 0 Å². The molecule has 1 N–H and O–H groups in total. The second kappa shape index (κ2) is 4.60. The van der Waals surface area contributed by atoms with Crippen molar-refractivity contribution in [2.24, 2.45) is 5.92 Å². The number of aryl methyl sites for hydroxylation is 2. The van der Waals surface area contributed by atoms with Gasteiger partial charge < -0.3 is 5.32 Å². The van der Waals surface area contributed by atoms with Crippen LogP contribution in [-0.4, -0.2) is 22.9 Å². The molecule has 0 spiro atoms. The minimum absolute atomic E-state index is 0.854. The van der Waals surface area contributed by atoms with Crippen LogP contribution in [0.5, 0.6) is 0 Å². The van der Waals surface area contributed by atoms with Crippen molar-refractivity contribution in [2.75, 3.05) is 13.1 Å². The Hall–Kier alpha value is -0.830. The van der Waals surface area contributed by atoms with Gasteiger partial charge in [-0.1, -0.05) is 0 Å². The van der Waals surface area contributed by atoms with Gasteiger partial charge >= 0.3 is 0 Å². The van der Waals surface area contributed by atoms with Gasteiger partial charge in [-0.15, -0.1) is 0 Å². The third-order valence-electron chi connectivity index (χ3n) is 3.08. The molecule has 0 bridgehead atoms. The summed E-state index contributed by atoms with van der Waals surface area (Å²) in [5, 5.41) is 7.75. The first-order valence-electron chi connectivity index (χ1n) is 5.55. The lowest BCUT2D eigenvalue weighted by Crippen LogP contribution is -2.30. The van der Waals surface area contributed by atoms with Crippen LogP contribution in [0.4, 0.5) is 0 Å². The van der Waals surface area contributed by atoms with Crippen molar-refractivity contribution in [3.8, 4) is 0 Å². The summed E-state index contributed by atoms with van der Waals surface area (Å²) in [6, 6.07) is 2.07. The Labute approximate surface area is 85.5 Å². The maximum absolute atomic E-state index is 4.30. The monoisotopic (exact) mass is 193 g/mol. The molecule has 0 aliphatic carbocycles. The molecule has 1 fully saturated rings. The molecular weight excluding hydrogens is 174 g/mol. The Morgan fingerprint density at radius 3 is 3.21 bits per heavy atom. The van der Waals surface area contributed by atoms with Crippen molar-refractivity contribution in [2.45, 2.75) is 32.7 Å². The van der Waals surface area contributed by atoms with Gasteiger partial charge in [0.2, 0.25) is 0 Å². The van der Waals surface area contributed by atoms with E-state index in [-0.39, 0.29) is 0 Å². The molecule has 1 aromatic heterocycles. The lowest BCUT2D eigenvalue weighted by Gasteiger charge is -2.22. The van der Waals surface area contributed by atoms with Crippen LogP contribution in [-0.2, 0) is 6.54 Å². The first kappa shape index (κ1) is 9.71. The highest BCUT2D eigenvalue weighted by molar-refractivity contribution is 4.96. The topological polar surface area (TPSA) is 29.9 Å². The summed E-state index contributed by atoms with van der Waals surface area (Å²) in [5.74, 6) is 0.854. The van der Waals surface area contributed by atoms with Gasteiger partial charge in [0.15, 0.2) is 0 Å². The third-order valence-corrected chi connectivity index (χ3v) is 3.08. The zero-order chi connectivity index (χ0) is 9.80. The van der Waals surface area contributed by atoms with E-state index in [2.05, 4.69) is 28.1 Å². The minimum Gasteiger partial charge on any atom is -0.316 e. The van der Waals surface area contributed by atoms with E-state index in [1.165, 1.54) is 38.0 Å². The van der Waals surface area contributed by atoms with Crippen LogP contribution in [0.25, 0.3) is 0 Å². The standard InChI is InChI=1S/C11H19N3/c1-10-4-7-13-14(10)8-5-11-3-2-6-12-9-11/h4,7,11-12H,2-3,5-6,8-9H2,1H3. The van der Waals surface area contributed by atoms with E-state index < -0.39 is 0 Å². The van der Waals surface area contributed by atoms with E-state index in [1.807, 2.05) is 6.20 Å². The van der Waals surface area contributed by atoms with Gasteiger partial charge in [-0.25, -0.2) is 0 Å². The van der Waals surface area contributed by atoms with E-state index in [0.717, 1.165) is 12.5 Å². The Balaban J connectivity index is 1.79. The molecule has 0 saturated carbocycles. The fourth-order valence-electron chi connectivity index (χ4n) is 2.11. The van der Waals surface area contributed by atoms with Crippen LogP contribution in [0.15, 0.2) is 12.3 Å². The molecule has 0 aromatic carbocycles. The quantitative estimate of drug-likeness (QED) is 0.790. The second-order valence-corrected chi connectivity index (χ2v) is 4.20. The Kier molecular flexibility index (Phi) is 3.19. The number of nitrogens with one attached hydrogen (secondary N) is 1. The Morgan fingerprint density at radius 2 is 2.57 bits per heavy atom. The molecule has 78 valence electrons. The largest absolute Gasteiger partial charge is 0.316 e. The highest BCUT2D eigenvalue weighted by Crippen LogP contribution is 2.15. The fourth-order valence-corrected chi connectivity index (χ4v) is 2.11. The zero-order valence-electron chi connectivity index (χ0n) is 8.87. The number of piperidine rings is 1. The number of aromatic nitrogens is 2. The highest BCUT2D eigenvalue weighted by atomic mass is 15.3. The van der Waals surface area contributed by atoms with Gasteiger partial charge in [-0.3, -0.25) is 4.68 Å². The molecular formula is C11H19N3. The number of nitrogens with zero attached hydrogens (tertiary/aromatic N) is 2. The van der Waals surface area contributed by atoms with Crippen LogP contribution in [0.2, 0.25) is 0 Å². The first-order chi connectivity index (χ1) is 6.86. The minimum atomic E-state index is 0.854. The van der Waals surface area contributed by atoms with E-state index in [9.17, 15) is 0 Å². The van der Waals surface area contributed by atoms with E-state index in [1.54, 1.807) is 0 Å². The van der Waals surface area contributed by atoms with Gasteiger partial charge in [0.05, 0.1) is 0 Å². The predicted octanol–water partition coefficient (Wildman–Crippen LogP) is 1.58. The van der Waals surface area contributed by atoms with Crippen molar-refractivity contribution in [3.63, 3.8) is 0 Å². The lowest BCUT2D eigenvalue weighted by molar-refractivity contribution is 0.334. The van der Waals surface area contributed by atoms with E-state index >= 15 is 0 Å². The molecule has 2 heterocycles. The van der Waals surface area contributed by atoms with Crippen molar-refractivity contribution in [1.82, 2.24) is 15.1 Å². The molecule has 3 heteroatoms. The van der Waals surface area contributed by atoms with Crippen molar-refractivity contribution < 1.29 is 0 Å². The summed E-state index contributed by atoms with van der Waals surface area (Å²) in [5.41, 5.74) is 1.27. The molecule has 2 rings (SSSR count). The predicted molar refractivity (Wildman–Crippen MR) is 57.2 cm³/mol. The van der Waals surface area contributed by atoms with Gasteiger partial charge in [0.25, 0.3) is 0 Å². The normalized spacial score (nSPS) is 22.5. The van der Waals surface area contributed by atoms with Crippen LogP contribution in [0.1, 0.15) is 25.0 Å². The summed E-state index contributed by atoms with van der Waals surface area (Å²) in [4.78, 5) is 0. The smallest absolute Gasteiger partial charge is 0.0492 e. The maximum Gasteiger partial charge on any atom is 0.0492 e. The number of rotatable bonds is 3. The summed E-state index contributed by atoms with van der Waals surface area (Å²) < 4.78 is 2.11. The SMILES string of the molecule is Cc1ccnn1CCC1CCCNC1. The molecule has 1 atom stereocenters. The molecule has 14 heavy (non-hydrogen) atoms. The van der Waals surface area contributed by atoms with Crippen LogP contribution in [0, 0.1) is 12.8 Å². The van der Waals surface area contributed by atoms with E-state index in [0.29, 0.717) is 0 Å². The summed E-state index contributed by atoms with van der Waals surface area (Å²) in [7, 11) is 0. The second-order valence-electron chi connectivity index (χ2n) is 4.20. The molecule has 1 saturated heterocycles. The maximum atomic E-state index is 4.30. The summed E-state index contributed by atoms with van der Waals surface area (Å²) in [6.07, 6.45) is 5.86. The Morgan fingerprint density at radius 1 is 1.64 bits per heavy atom.